The van der Waals surface area contributed by atoms with E-state index in [0.717, 1.165) is 45.4 Å². The maximum Gasteiger partial charge on any atom is 0.261 e. The highest BCUT2D eigenvalue weighted by atomic mass is 79.9. The van der Waals surface area contributed by atoms with Crippen LogP contribution in [0.5, 0.6) is 0 Å². The lowest BCUT2D eigenvalue weighted by Crippen LogP contribution is -2.32. The summed E-state index contributed by atoms with van der Waals surface area (Å²) < 4.78 is 2.73. The van der Waals surface area contributed by atoms with Crippen molar-refractivity contribution in [1.29, 1.82) is 0 Å². The van der Waals surface area contributed by atoms with Crippen LogP contribution in [0.1, 0.15) is 46.8 Å². The molecule has 0 radical (unpaired) electrons. The van der Waals surface area contributed by atoms with E-state index >= 15 is 0 Å². The molecule has 2 N–H and O–H groups in total. The molecule has 0 bridgehead atoms. The van der Waals surface area contributed by atoms with E-state index in [1.54, 1.807) is 10.9 Å². The zero-order valence-electron chi connectivity index (χ0n) is 17.0. The lowest BCUT2D eigenvalue weighted by atomic mass is 9.85. The monoisotopic (exact) mass is 476 g/mol. The minimum absolute atomic E-state index is 0.133. The second-order valence-corrected chi connectivity index (χ2v) is 8.84. The number of hydrogen-bond donors (Lipinski definition) is 2. The molecule has 6 nitrogen and oxygen atoms in total. The van der Waals surface area contributed by atoms with Crippen LogP contribution < -0.4 is 10.6 Å². The number of Topliss-reactive ketones (excluding diaryl/α,β-unsaturated/α-hetero) is 1. The van der Waals surface area contributed by atoms with Gasteiger partial charge in [-0.05, 0) is 49.6 Å². The van der Waals surface area contributed by atoms with E-state index in [-0.39, 0.29) is 17.7 Å². The molecule has 31 heavy (non-hydrogen) atoms. The number of anilines is 2. The van der Waals surface area contributed by atoms with Crippen LogP contribution in [0, 0.1) is 6.92 Å². The van der Waals surface area contributed by atoms with Gasteiger partial charge in [0.05, 0.1) is 6.20 Å². The lowest BCUT2D eigenvalue weighted by Gasteiger charge is -2.33. The number of nitrogens with one attached hydrogen (secondary N) is 2. The molecule has 2 aliphatic rings. The summed E-state index contributed by atoms with van der Waals surface area (Å²) in [4.78, 5) is 25.9. The van der Waals surface area contributed by atoms with Gasteiger partial charge in [0.25, 0.3) is 5.91 Å². The number of aryl methyl sites for hydroxylation is 1. The van der Waals surface area contributed by atoms with Crippen molar-refractivity contribution in [2.75, 3.05) is 10.6 Å². The van der Waals surface area contributed by atoms with Crippen LogP contribution >= 0.6 is 15.9 Å². The largest absolute Gasteiger partial charge is 0.343 e. The average Bonchev–Trinajstić information content (AvgIpc) is 3.18. The number of carbonyl (C=O) groups excluding carboxylic acids is 2. The normalized spacial score (nSPS) is 17.6. The van der Waals surface area contributed by atoms with E-state index in [2.05, 4.69) is 31.7 Å². The maximum absolute atomic E-state index is 13.1. The molecule has 1 amide bonds. The van der Waals surface area contributed by atoms with Gasteiger partial charge >= 0.3 is 0 Å². The van der Waals surface area contributed by atoms with Crippen LogP contribution in [0.2, 0.25) is 0 Å². The third kappa shape index (κ3) is 3.59. The minimum Gasteiger partial charge on any atom is -0.343 e. The Morgan fingerprint density at radius 2 is 1.87 bits per heavy atom. The van der Waals surface area contributed by atoms with Gasteiger partial charge in [0.2, 0.25) is 0 Å². The Morgan fingerprint density at radius 1 is 1.13 bits per heavy atom. The summed E-state index contributed by atoms with van der Waals surface area (Å²) in [6, 6.07) is 15.2. The number of benzene rings is 2. The number of fused-ring (bicyclic) bond motifs is 1. The Bertz CT molecular complexity index is 1210. The van der Waals surface area contributed by atoms with Crippen molar-refractivity contribution in [3.05, 3.63) is 87.2 Å². The molecule has 1 aliphatic heterocycles. The highest BCUT2D eigenvalue weighted by Gasteiger charge is 2.37. The molecule has 7 heteroatoms. The molecule has 0 unspecified atom stereocenters. The molecule has 1 atom stereocenters. The molecule has 156 valence electrons. The topological polar surface area (TPSA) is 76.0 Å². The highest BCUT2D eigenvalue weighted by Crippen LogP contribution is 2.41. The third-order valence-corrected chi connectivity index (χ3v) is 6.31. The van der Waals surface area contributed by atoms with E-state index in [9.17, 15) is 9.59 Å². The first kappa shape index (κ1) is 19.8. The zero-order chi connectivity index (χ0) is 21.5. The zero-order valence-corrected chi connectivity index (χ0v) is 18.6. The molecule has 0 saturated heterocycles. The van der Waals surface area contributed by atoms with Gasteiger partial charge in [-0.2, -0.15) is 5.10 Å². The molecule has 0 saturated carbocycles. The van der Waals surface area contributed by atoms with Gasteiger partial charge < -0.3 is 10.6 Å². The Kier molecular flexibility index (Phi) is 4.98. The lowest BCUT2D eigenvalue weighted by molar-refractivity contribution is -0.116. The first-order valence-corrected chi connectivity index (χ1v) is 11.0. The fourth-order valence-corrected chi connectivity index (χ4v) is 4.48. The fraction of sp³-hybridized carbons (Fsp3) is 0.208. The summed E-state index contributed by atoms with van der Waals surface area (Å²) >= 11 is 3.47. The highest BCUT2D eigenvalue weighted by molar-refractivity contribution is 9.10. The smallest absolute Gasteiger partial charge is 0.261 e. The Balaban J connectivity index is 1.56. The van der Waals surface area contributed by atoms with Crippen LogP contribution in [0.15, 0.2) is 70.5 Å². The number of hydrogen-bond acceptors (Lipinski definition) is 4. The number of ketones is 1. The Labute approximate surface area is 188 Å². The summed E-state index contributed by atoms with van der Waals surface area (Å²) in [5.74, 6) is 0.512. The number of carbonyl (C=O) groups is 2. The molecule has 1 aromatic heterocycles. The number of halogens is 1. The standard InChI is InChI=1S/C24H21BrN4O2/c1-14-5-11-17(12-6-14)27-24(31)18-13-26-29-22(15-7-9-16(25)10-8-15)21-19(28-23(18)29)3-2-4-20(21)30/h5-13,22,28H,2-4H2,1H3,(H,27,31)/t22-/m0/s1. The van der Waals surface area contributed by atoms with Crippen LogP contribution in [-0.4, -0.2) is 21.5 Å². The van der Waals surface area contributed by atoms with E-state index < -0.39 is 0 Å². The summed E-state index contributed by atoms with van der Waals surface area (Å²) in [7, 11) is 0. The van der Waals surface area contributed by atoms with E-state index in [4.69, 9.17) is 0 Å². The second-order valence-electron chi connectivity index (χ2n) is 7.92. The molecular formula is C24H21BrN4O2. The molecule has 0 spiro atoms. The quantitative estimate of drug-likeness (QED) is 0.542. The van der Waals surface area contributed by atoms with Gasteiger partial charge in [0.1, 0.15) is 17.4 Å². The van der Waals surface area contributed by atoms with Crippen molar-refractivity contribution >= 4 is 39.1 Å². The molecule has 5 rings (SSSR count). The SMILES string of the molecule is Cc1ccc(NC(=O)c2cnn3c2NC2=C(C(=O)CCC2)[C@@H]3c2ccc(Br)cc2)cc1. The average molecular weight is 477 g/mol. The Hall–Kier alpha value is -3.19. The third-order valence-electron chi connectivity index (χ3n) is 5.78. The van der Waals surface area contributed by atoms with Crippen molar-refractivity contribution in [3.8, 4) is 0 Å². The van der Waals surface area contributed by atoms with Gasteiger partial charge in [-0.3, -0.25) is 9.59 Å². The van der Waals surface area contributed by atoms with Gasteiger partial charge in [0, 0.05) is 27.9 Å². The van der Waals surface area contributed by atoms with E-state index in [1.165, 1.54) is 0 Å². The van der Waals surface area contributed by atoms with Crippen molar-refractivity contribution < 1.29 is 9.59 Å². The number of rotatable bonds is 3. The van der Waals surface area contributed by atoms with Crippen molar-refractivity contribution in [3.63, 3.8) is 0 Å². The Morgan fingerprint density at radius 3 is 2.61 bits per heavy atom. The number of aromatic nitrogens is 2. The summed E-state index contributed by atoms with van der Waals surface area (Å²) in [6.07, 6.45) is 3.68. The predicted octanol–water partition coefficient (Wildman–Crippen LogP) is 5.23. The number of amides is 1. The predicted molar refractivity (Wildman–Crippen MR) is 123 cm³/mol. The summed E-state index contributed by atoms with van der Waals surface area (Å²) in [6.45, 7) is 2.00. The molecule has 2 heterocycles. The number of allylic oxidation sites excluding steroid dienone is 2. The van der Waals surface area contributed by atoms with Gasteiger partial charge in [0.15, 0.2) is 5.78 Å². The molecule has 3 aromatic rings. The van der Waals surface area contributed by atoms with Crippen LogP contribution in [0.4, 0.5) is 11.5 Å². The maximum atomic E-state index is 13.1. The second kappa shape index (κ2) is 7.81. The molecule has 2 aromatic carbocycles. The first-order chi connectivity index (χ1) is 15.0. The van der Waals surface area contributed by atoms with Crippen LogP contribution in [-0.2, 0) is 4.79 Å². The van der Waals surface area contributed by atoms with Gasteiger partial charge in [-0.1, -0.05) is 45.8 Å². The van der Waals surface area contributed by atoms with Crippen molar-refractivity contribution in [1.82, 2.24) is 9.78 Å². The van der Waals surface area contributed by atoms with Crippen molar-refractivity contribution in [2.45, 2.75) is 32.2 Å². The molecule has 0 fully saturated rings. The number of nitrogens with zero attached hydrogens (tertiary/aromatic N) is 2. The van der Waals surface area contributed by atoms with Crippen LogP contribution in [0.25, 0.3) is 0 Å². The summed E-state index contributed by atoms with van der Waals surface area (Å²) in [5.41, 5.74) is 4.90. The molecular weight excluding hydrogens is 456 g/mol. The summed E-state index contributed by atoms with van der Waals surface area (Å²) in [5, 5.41) is 10.8. The van der Waals surface area contributed by atoms with Gasteiger partial charge in [-0.25, -0.2) is 4.68 Å². The van der Waals surface area contributed by atoms with Gasteiger partial charge in [-0.15, -0.1) is 0 Å². The molecule has 1 aliphatic carbocycles. The minimum atomic E-state index is -0.354. The first-order valence-electron chi connectivity index (χ1n) is 10.3. The fourth-order valence-electron chi connectivity index (χ4n) is 4.21. The van der Waals surface area contributed by atoms with Crippen LogP contribution in [0.3, 0.4) is 0 Å². The van der Waals surface area contributed by atoms with E-state index in [1.807, 2.05) is 55.5 Å². The van der Waals surface area contributed by atoms with Crippen molar-refractivity contribution in [2.24, 2.45) is 0 Å². The van der Waals surface area contributed by atoms with E-state index in [0.29, 0.717) is 17.8 Å².